The minimum atomic E-state index is -0.126. The van der Waals surface area contributed by atoms with E-state index in [9.17, 15) is 0 Å². The zero-order valence-corrected chi connectivity index (χ0v) is 14.9. The van der Waals surface area contributed by atoms with Crippen molar-refractivity contribution in [2.24, 2.45) is 11.5 Å². The van der Waals surface area contributed by atoms with Gasteiger partial charge >= 0.3 is 0 Å². The predicted octanol–water partition coefficient (Wildman–Crippen LogP) is 3.48. The molecule has 6 heteroatoms. The summed E-state index contributed by atoms with van der Waals surface area (Å²) in [6.07, 6.45) is 6.83. The van der Waals surface area contributed by atoms with Gasteiger partial charge in [-0.3, -0.25) is 0 Å². The van der Waals surface area contributed by atoms with Crippen LogP contribution in [0.3, 0.4) is 0 Å². The summed E-state index contributed by atoms with van der Waals surface area (Å²) < 4.78 is 0. The van der Waals surface area contributed by atoms with E-state index in [4.69, 9.17) is 11.5 Å². The van der Waals surface area contributed by atoms with Crippen molar-refractivity contribution >= 4 is 22.1 Å². The Morgan fingerprint density at radius 1 is 0.962 bits per heavy atom. The zero-order valence-electron chi connectivity index (χ0n) is 14.9. The first-order valence-corrected chi connectivity index (χ1v) is 9.02. The molecule has 5 rings (SSSR count). The second kappa shape index (κ2) is 6.55. The topological polar surface area (TPSA) is 109 Å². The largest absolute Gasteiger partial charge is 0.346 e. The number of aromatic amines is 2. The number of hydrogen-bond acceptors (Lipinski definition) is 4. The highest BCUT2D eigenvalue weighted by Gasteiger charge is 2.41. The quantitative estimate of drug-likeness (QED) is 0.454. The predicted molar refractivity (Wildman–Crippen MR) is 105 cm³/mol. The van der Waals surface area contributed by atoms with E-state index in [0.29, 0.717) is 0 Å². The van der Waals surface area contributed by atoms with Crippen molar-refractivity contribution in [1.29, 1.82) is 0 Å². The van der Waals surface area contributed by atoms with Crippen molar-refractivity contribution < 1.29 is 0 Å². The van der Waals surface area contributed by atoms with Gasteiger partial charge in [-0.05, 0) is 55.7 Å². The number of rotatable bonds is 3. The number of nitrogens with two attached hydrogens (primary N) is 2. The molecule has 0 aliphatic heterocycles. The van der Waals surface area contributed by atoms with Crippen LogP contribution in [-0.2, 0) is 5.54 Å². The Labute approximate surface area is 152 Å². The van der Waals surface area contributed by atoms with Crippen LogP contribution in [0.1, 0.15) is 43.6 Å². The molecule has 1 aliphatic carbocycles. The van der Waals surface area contributed by atoms with Crippen molar-refractivity contribution in [3.8, 4) is 0 Å². The Kier molecular flexibility index (Phi) is 4.22. The lowest BCUT2D eigenvalue weighted by molar-refractivity contribution is 0.678. The highest BCUT2D eigenvalue weighted by molar-refractivity contribution is 5.76. The van der Waals surface area contributed by atoms with E-state index in [2.05, 4.69) is 32.9 Å². The smallest absolute Gasteiger partial charge is 0.137 e. The maximum Gasteiger partial charge on any atom is 0.137 e. The second-order valence-electron chi connectivity index (χ2n) is 6.93. The molecule has 1 aliphatic rings. The number of H-pyrrole nitrogens is 2. The van der Waals surface area contributed by atoms with Gasteiger partial charge in [0.25, 0.3) is 0 Å². The van der Waals surface area contributed by atoms with Crippen molar-refractivity contribution in [2.75, 3.05) is 0 Å². The molecule has 0 spiro atoms. The molecule has 4 heterocycles. The second-order valence-corrected chi connectivity index (χ2v) is 6.93. The highest BCUT2D eigenvalue weighted by atomic mass is 14.9. The SMILES string of the molecule is CCC(N)c1ccc2cc[nH]c2n1.NC1(c2ccc3cc[nH]c3n2)CC1. The number of aromatic nitrogens is 4. The van der Waals surface area contributed by atoms with Crippen molar-refractivity contribution in [1.82, 2.24) is 19.9 Å². The van der Waals surface area contributed by atoms with E-state index in [1.807, 2.05) is 42.7 Å². The summed E-state index contributed by atoms with van der Waals surface area (Å²) in [5.74, 6) is 0. The molecule has 0 bridgehead atoms. The third-order valence-electron chi connectivity index (χ3n) is 4.96. The molecule has 6 N–H and O–H groups in total. The molecule has 4 aromatic rings. The van der Waals surface area contributed by atoms with E-state index < -0.39 is 0 Å². The Balaban J connectivity index is 0.000000129. The molecule has 1 unspecified atom stereocenters. The zero-order chi connectivity index (χ0) is 18.1. The number of nitrogens with one attached hydrogen (secondary N) is 2. The molecular weight excluding hydrogens is 324 g/mol. The average molecular weight is 348 g/mol. The summed E-state index contributed by atoms with van der Waals surface area (Å²) in [7, 11) is 0. The summed E-state index contributed by atoms with van der Waals surface area (Å²) in [6, 6.07) is 12.2. The lowest BCUT2D eigenvalue weighted by Crippen LogP contribution is -2.20. The van der Waals surface area contributed by atoms with E-state index in [1.54, 1.807) is 0 Å². The molecule has 134 valence electrons. The summed E-state index contributed by atoms with van der Waals surface area (Å²) in [5.41, 5.74) is 15.6. The highest BCUT2D eigenvalue weighted by Crippen LogP contribution is 2.41. The molecular formula is C20H24N6. The van der Waals surface area contributed by atoms with Gasteiger partial charge in [0.15, 0.2) is 0 Å². The number of fused-ring (bicyclic) bond motifs is 2. The first-order valence-electron chi connectivity index (χ1n) is 9.02. The molecule has 0 radical (unpaired) electrons. The monoisotopic (exact) mass is 348 g/mol. The van der Waals surface area contributed by atoms with Gasteiger partial charge in [0.2, 0.25) is 0 Å². The van der Waals surface area contributed by atoms with Gasteiger partial charge in [0, 0.05) is 29.2 Å². The van der Waals surface area contributed by atoms with E-state index in [0.717, 1.165) is 52.7 Å². The van der Waals surface area contributed by atoms with Crippen LogP contribution in [0.25, 0.3) is 22.1 Å². The average Bonchev–Trinajstić information content (AvgIpc) is 3.09. The molecule has 1 atom stereocenters. The Morgan fingerprint density at radius 3 is 2.19 bits per heavy atom. The third kappa shape index (κ3) is 3.21. The molecule has 1 fully saturated rings. The Morgan fingerprint density at radius 2 is 1.58 bits per heavy atom. The minimum Gasteiger partial charge on any atom is -0.346 e. The van der Waals surface area contributed by atoms with Gasteiger partial charge in [0.1, 0.15) is 11.3 Å². The standard InChI is InChI=1S/C10H11N3.C10H13N3/c11-10(4-5-10)8-2-1-7-3-6-12-9(7)13-8;1-2-8(11)9-4-3-7-5-6-12-10(7)13-9/h1-3,6H,4-5,11H2,(H,12,13);3-6,8H,2,11H2,1H3,(H,12,13). The Bertz CT molecular complexity index is 1030. The summed E-state index contributed by atoms with van der Waals surface area (Å²) in [4.78, 5) is 15.1. The van der Waals surface area contributed by atoms with Gasteiger partial charge in [-0.1, -0.05) is 6.92 Å². The van der Waals surface area contributed by atoms with Crippen LogP contribution in [0.2, 0.25) is 0 Å². The third-order valence-corrected chi connectivity index (χ3v) is 4.96. The molecule has 6 nitrogen and oxygen atoms in total. The van der Waals surface area contributed by atoms with Crippen LogP contribution in [-0.4, -0.2) is 19.9 Å². The Hall–Kier alpha value is -2.70. The minimum absolute atomic E-state index is 0.0488. The van der Waals surface area contributed by atoms with E-state index in [1.165, 1.54) is 0 Å². The van der Waals surface area contributed by atoms with Crippen LogP contribution in [0, 0.1) is 0 Å². The summed E-state index contributed by atoms with van der Waals surface area (Å²) in [5, 5.41) is 2.28. The lowest BCUT2D eigenvalue weighted by atomic mass is 10.1. The summed E-state index contributed by atoms with van der Waals surface area (Å²) >= 11 is 0. The number of hydrogen-bond donors (Lipinski definition) is 4. The number of pyridine rings is 2. The van der Waals surface area contributed by atoms with E-state index >= 15 is 0 Å². The van der Waals surface area contributed by atoms with Crippen LogP contribution < -0.4 is 11.5 Å². The van der Waals surface area contributed by atoms with Crippen LogP contribution >= 0.6 is 0 Å². The van der Waals surface area contributed by atoms with Crippen molar-refractivity contribution in [2.45, 2.75) is 37.8 Å². The van der Waals surface area contributed by atoms with Gasteiger partial charge in [-0.2, -0.15) is 0 Å². The fraction of sp³-hybridized carbons (Fsp3) is 0.300. The van der Waals surface area contributed by atoms with Gasteiger partial charge in [-0.25, -0.2) is 9.97 Å². The maximum absolute atomic E-state index is 6.05. The lowest BCUT2D eigenvalue weighted by Gasteiger charge is -2.06. The first-order chi connectivity index (χ1) is 12.6. The first kappa shape index (κ1) is 16.8. The molecule has 4 aromatic heterocycles. The molecule has 0 aromatic carbocycles. The molecule has 0 saturated heterocycles. The fourth-order valence-electron chi connectivity index (χ4n) is 2.96. The van der Waals surface area contributed by atoms with Gasteiger partial charge < -0.3 is 21.4 Å². The molecule has 26 heavy (non-hydrogen) atoms. The fourth-order valence-corrected chi connectivity index (χ4v) is 2.96. The maximum atomic E-state index is 6.05. The van der Waals surface area contributed by atoms with Crippen molar-refractivity contribution in [3.05, 3.63) is 60.2 Å². The van der Waals surface area contributed by atoms with Crippen LogP contribution in [0.15, 0.2) is 48.8 Å². The van der Waals surface area contributed by atoms with Crippen molar-refractivity contribution in [3.63, 3.8) is 0 Å². The molecule has 1 saturated carbocycles. The van der Waals surface area contributed by atoms with Crippen LogP contribution in [0.4, 0.5) is 0 Å². The summed E-state index contributed by atoms with van der Waals surface area (Å²) in [6.45, 7) is 2.06. The van der Waals surface area contributed by atoms with Gasteiger partial charge in [0.05, 0.1) is 16.9 Å². The number of nitrogens with zero attached hydrogens (tertiary/aromatic N) is 2. The van der Waals surface area contributed by atoms with Gasteiger partial charge in [-0.15, -0.1) is 0 Å². The molecule has 0 amide bonds. The van der Waals surface area contributed by atoms with Crippen LogP contribution in [0.5, 0.6) is 0 Å². The normalized spacial score (nSPS) is 16.3. The van der Waals surface area contributed by atoms with E-state index in [-0.39, 0.29) is 11.6 Å².